The highest BCUT2D eigenvalue weighted by atomic mass is 32.1. The third kappa shape index (κ3) is 2.30. The number of thiophene rings is 1. The average Bonchev–Trinajstić information content (AvgIpc) is 3.24. The fourth-order valence-corrected chi connectivity index (χ4v) is 3.64. The molecule has 0 aromatic carbocycles. The number of thiazole rings is 1. The highest BCUT2D eigenvalue weighted by Gasteiger charge is 2.15. The molecule has 4 aromatic heterocycles. The van der Waals surface area contributed by atoms with Gasteiger partial charge in [-0.25, -0.2) is 9.97 Å². The summed E-state index contributed by atoms with van der Waals surface area (Å²) in [7, 11) is 0. The van der Waals surface area contributed by atoms with Crippen LogP contribution in [-0.2, 0) is 0 Å². The number of rotatable bonds is 3. The summed E-state index contributed by atoms with van der Waals surface area (Å²) in [6, 6.07) is 9.40. The van der Waals surface area contributed by atoms with Crippen molar-refractivity contribution in [1.29, 1.82) is 0 Å². The molecule has 0 saturated carbocycles. The summed E-state index contributed by atoms with van der Waals surface area (Å²) in [4.78, 5) is 22.9. The fourth-order valence-electron chi connectivity index (χ4n) is 2.11. The first-order chi connectivity index (χ1) is 10.8. The van der Waals surface area contributed by atoms with E-state index in [4.69, 9.17) is 0 Å². The minimum absolute atomic E-state index is 0.194. The number of amides is 1. The van der Waals surface area contributed by atoms with E-state index in [-0.39, 0.29) is 5.91 Å². The Morgan fingerprint density at radius 3 is 2.91 bits per heavy atom. The molecule has 22 heavy (non-hydrogen) atoms. The van der Waals surface area contributed by atoms with Crippen LogP contribution in [0, 0.1) is 0 Å². The van der Waals surface area contributed by atoms with Crippen LogP contribution in [0.1, 0.15) is 10.5 Å². The molecule has 0 radical (unpaired) electrons. The average molecular weight is 326 g/mol. The van der Waals surface area contributed by atoms with Gasteiger partial charge in [-0.2, -0.15) is 0 Å². The molecule has 0 bridgehead atoms. The molecule has 0 saturated heterocycles. The minimum atomic E-state index is -0.194. The van der Waals surface area contributed by atoms with Gasteiger partial charge in [0.2, 0.25) is 0 Å². The van der Waals surface area contributed by atoms with E-state index in [0.717, 1.165) is 15.5 Å². The quantitative estimate of drug-likeness (QED) is 0.623. The molecule has 4 aromatic rings. The van der Waals surface area contributed by atoms with Crippen molar-refractivity contribution in [2.24, 2.45) is 0 Å². The van der Waals surface area contributed by atoms with E-state index in [2.05, 4.69) is 15.3 Å². The number of nitrogens with one attached hydrogen (secondary N) is 1. The topological polar surface area (TPSA) is 59.3 Å². The molecular formula is C15H10N4OS2. The molecule has 108 valence electrons. The first kappa shape index (κ1) is 13.2. The van der Waals surface area contributed by atoms with Gasteiger partial charge in [0.15, 0.2) is 4.96 Å². The molecule has 0 atom stereocenters. The van der Waals surface area contributed by atoms with Crippen LogP contribution < -0.4 is 5.32 Å². The summed E-state index contributed by atoms with van der Waals surface area (Å²) in [6.45, 7) is 0. The van der Waals surface area contributed by atoms with Crippen LogP contribution in [0.5, 0.6) is 0 Å². The minimum Gasteiger partial charge on any atom is -0.305 e. The third-order valence-corrected chi connectivity index (χ3v) is 4.85. The van der Waals surface area contributed by atoms with Gasteiger partial charge in [0.25, 0.3) is 5.91 Å². The Kier molecular flexibility index (Phi) is 3.21. The predicted molar refractivity (Wildman–Crippen MR) is 88.6 cm³/mol. The van der Waals surface area contributed by atoms with Crippen molar-refractivity contribution in [1.82, 2.24) is 14.4 Å². The Hall–Kier alpha value is -2.51. The lowest BCUT2D eigenvalue weighted by Crippen LogP contribution is -2.14. The van der Waals surface area contributed by atoms with E-state index < -0.39 is 0 Å². The molecule has 0 unspecified atom stereocenters. The second kappa shape index (κ2) is 5.36. The molecule has 5 nitrogen and oxygen atoms in total. The number of aromatic nitrogens is 3. The third-order valence-electron chi connectivity index (χ3n) is 3.12. The summed E-state index contributed by atoms with van der Waals surface area (Å²) in [5.74, 6) is 0.338. The van der Waals surface area contributed by atoms with Gasteiger partial charge in [-0.3, -0.25) is 9.20 Å². The van der Waals surface area contributed by atoms with Crippen LogP contribution in [-0.4, -0.2) is 20.3 Å². The number of carbonyl (C=O) groups is 1. The van der Waals surface area contributed by atoms with Crippen LogP contribution in [0.2, 0.25) is 0 Å². The van der Waals surface area contributed by atoms with Gasteiger partial charge in [0, 0.05) is 17.8 Å². The molecular weight excluding hydrogens is 316 g/mol. The Morgan fingerprint density at radius 2 is 2.14 bits per heavy atom. The molecule has 0 spiro atoms. The molecule has 1 amide bonds. The van der Waals surface area contributed by atoms with Crippen LogP contribution >= 0.6 is 22.7 Å². The number of anilines is 1. The summed E-state index contributed by atoms with van der Waals surface area (Å²) in [5.41, 5.74) is 1.44. The SMILES string of the molecule is O=C(Nc1ccccn1)c1csc2nc(-c3cccs3)cn12. The van der Waals surface area contributed by atoms with E-state index in [1.807, 2.05) is 40.2 Å². The van der Waals surface area contributed by atoms with Crippen molar-refractivity contribution in [3.8, 4) is 10.6 Å². The maximum absolute atomic E-state index is 12.4. The lowest BCUT2D eigenvalue weighted by Gasteiger charge is -2.02. The summed E-state index contributed by atoms with van der Waals surface area (Å²) < 4.78 is 1.82. The van der Waals surface area contributed by atoms with Gasteiger partial charge in [-0.15, -0.1) is 22.7 Å². The zero-order valence-corrected chi connectivity index (χ0v) is 12.9. The van der Waals surface area contributed by atoms with Crippen LogP contribution in [0.4, 0.5) is 5.82 Å². The summed E-state index contributed by atoms with van der Waals surface area (Å²) in [5, 5.41) is 6.61. The second-order valence-corrected chi connectivity index (χ2v) is 6.33. The largest absolute Gasteiger partial charge is 0.305 e. The predicted octanol–water partition coefficient (Wildman–Crippen LogP) is 3.77. The highest BCUT2D eigenvalue weighted by Crippen LogP contribution is 2.27. The zero-order valence-electron chi connectivity index (χ0n) is 11.3. The molecule has 4 rings (SSSR count). The number of fused-ring (bicyclic) bond motifs is 1. The van der Waals surface area contributed by atoms with Crippen molar-refractivity contribution < 1.29 is 4.79 Å². The van der Waals surface area contributed by atoms with Gasteiger partial charge in [0.05, 0.1) is 4.88 Å². The van der Waals surface area contributed by atoms with Crippen molar-refractivity contribution >= 4 is 39.4 Å². The van der Waals surface area contributed by atoms with Crippen molar-refractivity contribution in [2.75, 3.05) is 5.32 Å². The highest BCUT2D eigenvalue weighted by molar-refractivity contribution is 7.15. The molecule has 1 N–H and O–H groups in total. The first-order valence-electron chi connectivity index (χ1n) is 6.54. The molecule has 0 aliphatic carbocycles. The van der Waals surface area contributed by atoms with E-state index in [1.54, 1.807) is 29.0 Å². The maximum atomic E-state index is 12.4. The number of hydrogen-bond donors (Lipinski definition) is 1. The lowest BCUT2D eigenvalue weighted by molar-refractivity contribution is 0.102. The molecule has 7 heteroatoms. The summed E-state index contributed by atoms with van der Waals surface area (Å²) >= 11 is 3.08. The van der Waals surface area contributed by atoms with Gasteiger partial charge in [-0.05, 0) is 23.6 Å². The van der Waals surface area contributed by atoms with Crippen LogP contribution in [0.15, 0.2) is 53.5 Å². The molecule has 0 aliphatic heterocycles. The van der Waals surface area contributed by atoms with Crippen molar-refractivity contribution in [2.45, 2.75) is 0 Å². The maximum Gasteiger partial charge on any atom is 0.274 e. The lowest BCUT2D eigenvalue weighted by atomic mass is 10.4. The Labute approximate surface area is 133 Å². The number of pyridine rings is 1. The van der Waals surface area contributed by atoms with Crippen LogP contribution in [0.3, 0.4) is 0 Å². The Morgan fingerprint density at radius 1 is 1.18 bits per heavy atom. The molecule has 0 fully saturated rings. The molecule has 4 heterocycles. The first-order valence-corrected chi connectivity index (χ1v) is 8.30. The smallest absolute Gasteiger partial charge is 0.274 e. The second-order valence-electron chi connectivity index (χ2n) is 4.55. The van der Waals surface area contributed by atoms with Crippen molar-refractivity contribution in [3.63, 3.8) is 0 Å². The van der Waals surface area contributed by atoms with E-state index in [1.165, 1.54) is 11.3 Å². The Bertz CT molecular complexity index is 925. The number of imidazole rings is 1. The van der Waals surface area contributed by atoms with E-state index in [9.17, 15) is 4.79 Å². The zero-order chi connectivity index (χ0) is 14.9. The number of hydrogen-bond acceptors (Lipinski definition) is 5. The van der Waals surface area contributed by atoms with Crippen molar-refractivity contribution in [3.05, 3.63) is 59.2 Å². The van der Waals surface area contributed by atoms with E-state index >= 15 is 0 Å². The number of nitrogens with zero attached hydrogens (tertiary/aromatic N) is 3. The van der Waals surface area contributed by atoms with Gasteiger partial charge in [-0.1, -0.05) is 12.1 Å². The van der Waals surface area contributed by atoms with E-state index in [0.29, 0.717) is 11.5 Å². The summed E-state index contributed by atoms with van der Waals surface area (Å²) in [6.07, 6.45) is 3.54. The normalized spacial score (nSPS) is 10.9. The number of carbonyl (C=O) groups excluding carboxylic acids is 1. The monoisotopic (exact) mass is 326 g/mol. The fraction of sp³-hybridized carbons (Fsp3) is 0. The van der Waals surface area contributed by atoms with Gasteiger partial charge in [0.1, 0.15) is 17.2 Å². The standard InChI is InChI=1S/C15H10N4OS2/c20-14(18-13-5-1-2-6-16-13)11-9-22-15-17-10(8-19(11)15)12-4-3-7-21-12/h1-9H,(H,16,18,20). The van der Waals surface area contributed by atoms with Gasteiger partial charge < -0.3 is 5.32 Å². The van der Waals surface area contributed by atoms with Crippen LogP contribution in [0.25, 0.3) is 15.5 Å². The van der Waals surface area contributed by atoms with Gasteiger partial charge >= 0.3 is 0 Å². The Balaban J connectivity index is 1.68. The molecule has 0 aliphatic rings.